The standard InChI is InChI=1S/C13H17NO4/c1-8-5-10-11(18-4-3-17-10)6-9(8)13(2,14)7-12(15)16/h5-6H,3-4,7,14H2,1-2H3,(H,15,16). The number of rotatable bonds is 3. The molecule has 0 amide bonds. The number of nitrogens with two attached hydrogens (primary N) is 1. The Morgan fingerprint density at radius 1 is 1.39 bits per heavy atom. The molecule has 0 fully saturated rings. The van der Waals surface area contributed by atoms with Gasteiger partial charge in [0.1, 0.15) is 13.2 Å². The van der Waals surface area contributed by atoms with Crippen LogP contribution in [-0.2, 0) is 10.3 Å². The summed E-state index contributed by atoms with van der Waals surface area (Å²) in [6, 6.07) is 3.63. The number of hydrogen-bond acceptors (Lipinski definition) is 4. The average molecular weight is 251 g/mol. The van der Waals surface area contributed by atoms with Gasteiger partial charge >= 0.3 is 5.97 Å². The van der Waals surface area contributed by atoms with E-state index in [2.05, 4.69) is 0 Å². The van der Waals surface area contributed by atoms with E-state index in [1.807, 2.05) is 13.0 Å². The highest BCUT2D eigenvalue weighted by atomic mass is 16.6. The molecule has 0 radical (unpaired) electrons. The van der Waals surface area contributed by atoms with Crippen LogP contribution in [0.25, 0.3) is 0 Å². The van der Waals surface area contributed by atoms with Crippen LogP contribution in [0.5, 0.6) is 11.5 Å². The number of hydrogen-bond donors (Lipinski definition) is 2. The molecule has 18 heavy (non-hydrogen) atoms. The first-order valence-corrected chi connectivity index (χ1v) is 5.81. The Morgan fingerprint density at radius 2 is 1.94 bits per heavy atom. The van der Waals surface area contributed by atoms with E-state index in [4.69, 9.17) is 20.3 Å². The number of carboxylic acid groups (broad SMARTS) is 1. The van der Waals surface area contributed by atoms with Crippen LogP contribution in [0.2, 0.25) is 0 Å². The van der Waals surface area contributed by atoms with Crippen molar-refractivity contribution in [1.29, 1.82) is 0 Å². The summed E-state index contributed by atoms with van der Waals surface area (Å²) in [5.41, 5.74) is 6.85. The SMILES string of the molecule is Cc1cc2c(cc1C(C)(N)CC(=O)O)OCCO2. The Balaban J connectivity index is 2.41. The third-order valence-corrected chi connectivity index (χ3v) is 3.02. The molecule has 5 heteroatoms. The smallest absolute Gasteiger partial charge is 0.305 e. The molecule has 1 unspecified atom stereocenters. The van der Waals surface area contributed by atoms with Crippen molar-refractivity contribution in [3.8, 4) is 11.5 Å². The van der Waals surface area contributed by atoms with Crippen molar-refractivity contribution >= 4 is 5.97 Å². The molecule has 1 atom stereocenters. The van der Waals surface area contributed by atoms with Gasteiger partial charge in [-0.3, -0.25) is 4.79 Å². The van der Waals surface area contributed by atoms with Crippen LogP contribution < -0.4 is 15.2 Å². The van der Waals surface area contributed by atoms with E-state index in [0.717, 1.165) is 11.1 Å². The summed E-state index contributed by atoms with van der Waals surface area (Å²) < 4.78 is 11.0. The fourth-order valence-corrected chi connectivity index (χ4v) is 2.22. The lowest BCUT2D eigenvalue weighted by Gasteiger charge is -2.28. The number of ether oxygens (including phenoxy) is 2. The Hall–Kier alpha value is -1.75. The second kappa shape index (κ2) is 4.49. The number of benzene rings is 1. The number of carbonyl (C=O) groups is 1. The van der Waals surface area contributed by atoms with E-state index in [9.17, 15) is 4.79 Å². The van der Waals surface area contributed by atoms with E-state index in [1.165, 1.54) is 0 Å². The Bertz CT molecular complexity index is 482. The van der Waals surface area contributed by atoms with Crippen LogP contribution in [0.3, 0.4) is 0 Å². The van der Waals surface area contributed by atoms with Crippen LogP contribution >= 0.6 is 0 Å². The van der Waals surface area contributed by atoms with Gasteiger partial charge in [0.2, 0.25) is 0 Å². The summed E-state index contributed by atoms with van der Waals surface area (Å²) >= 11 is 0. The number of carboxylic acids is 1. The fraction of sp³-hybridized carbons (Fsp3) is 0.462. The molecule has 3 N–H and O–H groups in total. The van der Waals surface area contributed by atoms with Gasteiger partial charge in [0, 0.05) is 5.54 Å². The summed E-state index contributed by atoms with van der Waals surface area (Å²) in [5.74, 6) is 0.395. The molecule has 1 aromatic carbocycles. The van der Waals surface area contributed by atoms with Gasteiger partial charge in [-0.2, -0.15) is 0 Å². The second-order valence-electron chi connectivity index (χ2n) is 4.80. The first kappa shape index (κ1) is 12.7. The van der Waals surface area contributed by atoms with Gasteiger partial charge in [0.05, 0.1) is 6.42 Å². The van der Waals surface area contributed by atoms with E-state index in [0.29, 0.717) is 24.7 Å². The Kier molecular flexibility index (Phi) is 3.17. The van der Waals surface area contributed by atoms with Crippen molar-refractivity contribution in [1.82, 2.24) is 0 Å². The van der Waals surface area contributed by atoms with Crippen molar-refractivity contribution in [3.63, 3.8) is 0 Å². The molecule has 0 spiro atoms. The lowest BCUT2D eigenvalue weighted by molar-refractivity contribution is -0.138. The van der Waals surface area contributed by atoms with E-state index in [1.54, 1.807) is 13.0 Å². The molecule has 0 saturated carbocycles. The molecular formula is C13H17NO4. The summed E-state index contributed by atoms with van der Waals surface area (Å²) in [4.78, 5) is 10.9. The second-order valence-corrected chi connectivity index (χ2v) is 4.80. The third-order valence-electron chi connectivity index (χ3n) is 3.02. The molecule has 1 heterocycles. The van der Waals surface area contributed by atoms with Crippen molar-refractivity contribution in [2.45, 2.75) is 25.8 Å². The number of fused-ring (bicyclic) bond motifs is 1. The maximum atomic E-state index is 10.9. The molecular weight excluding hydrogens is 234 g/mol. The van der Waals surface area contributed by atoms with Crippen molar-refractivity contribution in [2.75, 3.05) is 13.2 Å². The van der Waals surface area contributed by atoms with Gasteiger partial charge in [-0.1, -0.05) is 0 Å². The fourth-order valence-electron chi connectivity index (χ4n) is 2.22. The van der Waals surface area contributed by atoms with Gasteiger partial charge in [-0.05, 0) is 37.1 Å². The lowest BCUT2D eigenvalue weighted by Crippen LogP contribution is -2.36. The highest BCUT2D eigenvalue weighted by Crippen LogP contribution is 2.37. The van der Waals surface area contributed by atoms with Gasteiger partial charge in [-0.15, -0.1) is 0 Å². The molecule has 0 bridgehead atoms. The van der Waals surface area contributed by atoms with Gasteiger partial charge in [0.15, 0.2) is 11.5 Å². The topological polar surface area (TPSA) is 81.8 Å². The molecule has 5 nitrogen and oxygen atoms in total. The van der Waals surface area contributed by atoms with Crippen LogP contribution in [0, 0.1) is 6.92 Å². The highest BCUT2D eigenvalue weighted by molar-refractivity contribution is 5.69. The predicted molar refractivity (Wildman–Crippen MR) is 66.0 cm³/mol. The minimum Gasteiger partial charge on any atom is -0.486 e. The normalized spacial score (nSPS) is 17.1. The third kappa shape index (κ3) is 2.41. The van der Waals surface area contributed by atoms with E-state index in [-0.39, 0.29) is 6.42 Å². The van der Waals surface area contributed by atoms with Gasteiger partial charge in [-0.25, -0.2) is 0 Å². The minimum absolute atomic E-state index is 0.131. The molecule has 0 aromatic heterocycles. The molecule has 1 aliphatic heterocycles. The molecule has 0 aliphatic carbocycles. The largest absolute Gasteiger partial charge is 0.486 e. The van der Waals surface area contributed by atoms with Crippen molar-refractivity contribution < 1.29 is 19.4 Å². The Labute approximate surface area is 106 Å². The molecule has 2 rings (SSSR count). The quantitative estimate of drug-likeness (QED) is 0.849. The zero-order chi connectivity index (χ0) is 13.3. The summed E-state index contributed by atoms with van der Waals surface area (Å²) in [7, 11) is 0. The van der Waals surface area contributed by atoms with E-state index >= 15 is 0 Å². The van der Waals surface area contributed by atoms with E-state index < -0.39 is 11.5 Å². The van der Waals surface area contributed by atoms with Crippen molar-refractivity contribution in [3.05, 3.63) is 23.3 Å². The van der Waals surface area contributed by atoms with Crippen LogP contribution in [-0.4, -0.2) is 24.3 Å². The summed E-state index contributed by atoms with van der Waals surface area (Å²) in [5, 5.41) is 8.90. The molecule has 1 aromatic rings. The number of aryl methyl sites for hydroxylation is 1. The summed E-state index contributed by atoms with van der Waals surface area (Å²) in [6.07, 6.45) is -0.131. The molecule has 98 valence electrons. The van der Waals surface area contributed by atoms with Gasteiger partial charge < -0.3 is 20.3 Å². The Morgan fingerprint density at radius 3 is 2.50 bits per heavy atom. The highest BCUT2D eigenvalue weighted by Gasteiger charge is 2.28. The number of aliphatic carboxylic acids is 1. The molecule has 1 aliphatic rings. The first-order chi connectivity index (χ1) is 8.40. The zero-order valence-electron chi connectivity index (χ0n) is 10.5. The van der Waals surface area contributed by atoms with Crippen molar-refractivity contribution in [2.24, 2.45) is 5.73 Å². The van der Waals surface area contributed by atoms with Crippen LogP contribution in [0.15, 0.2) is 12.1 Å². The van der Waals surface area contributed by atoms with Crippen LogP contribution in [0.1, 0.15) is 24.5 Å². The first-order valence-electron chi connectivity index (χ1n) is 5.81. The minimum atomic E-state index is -0.925. The maximum absolute atomic E-state index is 10.9. The van der Waals surface area contributed by atoms with Gasteiger partial charge in [0.25, 0.3) is 0 Å². The average Bonchev–Trinajstić information content (AvgIpc) is 2.26. The zero-order valence-corrected chi connectivity index (χ0v) is 10.5. The predicted octanol–water partition coefficient (Wildman–Crippen LogP) is 1.41. The summed E-state index contributed by atoms with van der Waals surface area (Å²) in [6.45, 7) is 4.62. The van der Waals surface area contributed by atoms with Crippen LogP contribution in [0.4, 0.5) is 0 Å². The lowest BCUT2D eigenvalue weighted by atomic mass is 9.86. The maximum Gasteiger partial charge on any atom is 0.305 e. The molecule has 0 saturated heterocycles. The monoisotopic (exact) mass is 251 g/mol.